The average Bonchev–Trinajstić information content (AvgIpc) is 2.02. The molecule has 1 rings (SSSR count). The molecule has 0 aliphatic heterocycles. The molecule has 0 aromatic heterocycles. The van der Waals surface area contributed by atoms with E-state index >= 15 is 0 Å². The standard InChI is InChI=1S/C10H20N2OSi/c1-12(14(2,3)4)11-9-6-5-7-10(13)8-9/h5-8H2,1-4H3. The molecule has 0 aromatic carbocycles. The normalized spacial score (nSPS) is 21.4. The largest absolute Gasteiger partial charge is 0.328 e. The first-order chi connectivity index (χ1) is 6.39. The number of nitrogens with zero attached hydrogens (tertiary/aromatic N) is 2. The highest BCUT2D eigenvalue weighted by Crippen LogP contribution is 2.14. The van der Waals surface area contributed by atoms with Crippen molar-refractivity contribution in [2.24, 2.45) is 5.10 Å². The zero-order chi connectivity index (χ0) is 10.8. The molecule has 0 N–H and O–H groups in total. The van der Waals surface area contributed by atoms with E-state index in [0.29, 0.717) is 12.2 Å². The van der Waals surface area contributed by atoms with Crippen LogP contribution in [0, 0.1) is 0 Å². The molecule has 14 heavy (non-hydrogen) atoms. The van der Waals surface area contributed by atoms with Gasteiger partial charge in [-0.05, 0) is 12.8 Å². The zero-order valence-corrected chi connectivity index (χ0v) is 10.6. The van der Waals surface area contributed by atoms with Gasteiger partial charge in [0.15, 0.2) is 8.24 Å². The molecule has 0 unspecified atom stereocenters. The summed E-state index contributed by atoms with van der Waals surface area (Å²) in [6, 6.07) is 0. The van der Waals surface area contributed by atoms with Crippen molar-refractivity contribution >= 4 is 19.7 Å². The van der Waals surface area contributed by atoms with E-state index in [1.54, 1.807) is 0 Å². The van der Waals surface area contributed by atoms with E-state index in [2.05, 4.69) is 29.4 Å². The van der Waals surface area contributed by atoms with Crippen LogP contribution in [0.2, 0.25) is 19.6 Å². The van der Waals surface area contributed by atoms with Gasteiger partial charge in [-0.25, -0.2) is 0 Å². The summed E-state index contributed by atoms with van der Waals surface area (Å²) in [7, 11) is 0.694. The van der Waals surface area contributed by atoms with E-state index in [4.69, 9.17) is 0 Å². The van der Waals surface area contributed by atoms with Crippen molar-refractivity contribution in [3.05, 3.63) is 0 Å². The molecule has 0 atom stereocenters. The second-order valence-electron chi connectivity index (χ2n) is 4.93. The Balaban J connectivity index is 2.63. The smallest absolute Gasteiger partial charge is 0.168 e. The molecule has 80 valence electrons. The van der Waals surface area contributed by atoms with Crippen molar-refractivity contribution < 1.29 is 4.79 Å². The highest BCUT2D eigenvalue weighted by atomic mass is 28.3. The molecule has 0 radical (unpaired) electrons. The van der Waals surface area contributed by atoms with Crippen molar-refractivity contribution in [1.29, 1.82) is 0 Å². The van der Waals surface area contributed by atoms with Crippen LogP contribution >= 0.6 is 0 Å². The maximum Gasteiger partial charge on any atom is 0.168 e. The minimum atomic E-state index is -1.33. The fourth-order valence-corrected chi connectivity index (χ4v) is 1.78. The Labute approximate surface area is 87.3 Å². The summed E-state index contributed by atoms with van der Waals surface area (Å²) in [5.74, 6) is 0.346. The Hall–Kier alpha value is -0.643. The molecule has 0 spiro atoms. The maximum atomic E-state index is 11.2. The molecule has 1 saturated carbocycles. The highest BCUT2D eigenvalue weighted by Gasteiger charge is 2.21. The van der Waals surface area contributed by atoms with Crippen molar-refractivity contribution in [2.75, 3.05) is 7.05 Å². The Kier molecular flexibility index (Phi) is 3.47. The van der Waals surface area contributed by atoms with Gasteiger partial charge in [-0.1, -0.05) is 19.6 Å². The first-order valence-corrected chi connectivity index (χ1v) is 8.66. The quantitative estimate of drug-likeness (QED) is 0.519. The second kappa shape index (κ2) is 4.25. The van der Waals surface area contributed by atoms with E-state index in [0.717, 1.165) is 25.0 Å². The van der Waals surface area contributed by atoms with E-state index in [1.165, 1.54) is 0 Å². The molecular formula is C10H20N2OSi. The van der Waals surface area contributed by atoms with Crippen LogP contribution in [-0.2, 0) is 4.79 Å². The Morgan fingerprint density at radius 1 is 1.29 bits per heavy atom. The monoisotopic (exact) mass is 212 g/mol. The number of rotatable bonds is 2. The van der Waals surface area contributed by atoms with E-state index in [-0.39, 0.29) is 0 Å². The third kappa shape index (κ3) is 3.25. The predicted octanol–water partition coefficient (Wildman–Crippen LogP) is 2.25. The molecule has 1 aliphatic rings. The second-order valence-corrected chi connectivity index (χ2v) is 9.92. The minimum Gasteiger partial charge on any atom is -0.328 e. The lowest BCUT2D eigenvalue weighted by molar-refractivity contribution is -0.118. The van der Waals surface area contributed by atoms with E-state index in [9.17, 15) is 4.79 Å². The number of ketones is 1. The van der Waals surface area contributed by atoms with Crippen molar-refractivity contribution in [1.82, 2.24) is 4.67 Å². The lowest BCUT2D eigenvalue weighted by atomic mass is 9.97. The number of carbonyl (C=O) groups excluding carboxylic acids is 1. The molecule has 0 saturated heterocycles. The first kappa shape index (κ1) is 11.4. The fourth-order valence-electron chi connectivity index (χ4n) is 1.34. The van der Waals surface area contributed by atoms with Gasteiger partial charge in [0.05, 0.1) is 0 Å². The van der Waals surface area contributed by atoms with Crippen LogP contribution in [0.25, 0.3) is 0 Å². The third-order valence-electron chi connectivity index (χ3n) is 2.58. The Morgan fingerprint density at radius 3 is 2.43 bits per heavy atom. The van der Waals surface area contributed by atoms with Gasteiger partial charge in [-0.2, -0.15) is 5.10 Å². The number of Topliss-reactive ketones (excluding diaryl/α,β-unsaturated/α-hetero) is 1. The van der Waals surface area contributed by atoms with E-state index < -0.39 is 8.24 Å². The van der Waals surface area contributed by atoms with Crippen LogP contribution in [0.4, 0.5) is 0 Å². The van der Waals surface area contributed by atoms with Gasteiger partial charge in [0.2, 0.25) is 0 Å². The molecule has 0 heterocycles. The van der Waals surface area contributed by atoms with Crippen LogP contribution in [0.1, 0.15) is 25.7 Å². The average molecular weight is 212 g/mol. The number of hydrogen-bond acceptors (Lipinski definition) is 3. The molecule has 1 fully saturated rings. The van der Waals surface area contributed by atoms with Crippen LogP contribution in [0.5, 0.6) is 0 Å². The number of hydrogen-bond donors (Lipinski definition) is 0. The molecule has 1 aliphatic carbocycles. The SMILES string of the molecule is CN(N=C1CCCC(=O)C1)[Si](C)(C)C. The van der Waals surface area contributed by atoms with Crippen molar-refractivity contribution in [3.8, 4) is 0 Å². The van der Waals surface area contributed by atoms with Crippen molar-refractivity contribution in [2.45, 2.75) is 45.3 Å². The topological polar surface area (TPSA) is 32.7 Å². The molecule has 0 amide bonds. The van der Waals surface area contributed by atoms with Gasteiger partial charge >= 0.3 is 0 Å². The highest BCUT2D eigenvalue weighted by molar-refractivity contribution is 6.73. The fraction of sp³-hybridized carbons (Fsp3) is 0.800. The lowest BCUT2D eigenvalue weighted by Crippen LogP contribution is -2.40. The summed E-state index contributed by atoms with van der Waals surface area (Å²) in [6.07, 6.45) is 3.31. The predicted molar refractivity (Wildman–Crippen MR) is 62.0 cm³/mol. The van der Waals surface area contributed by atoms with Gasteiger partial charge in [0, 0.05) is 25.6 Å². The first-order valence-electron chi connectivity index (χ1n) is 5.21. The third-order valence-corrected chi connectivity index (χ3v) is 4.63. The Bertz CT molecular complexity index is 255. The lowest BCUT2D eigenvalue weighted by Gasteiger charge is -2.28. The van der Waals surface area contributed by atoms with Gasteiger partial charge < -0.3 is 4.67 Å². The van der Waals surface area contributed by atoms with Gasteiger partial charge in [-0.15, -0.1) is 0 Å². The summed E-state index contributed by atoms with van der Waals surface area (Å²) in [4.78, 5) is 11.2. The summed E-state index contributed by atoms with van der Waals surface area (Å²) >= 11 is 0. The van der Waals surface area contributed by atoms with Crippen LogP contribution < -0.4 is 0 Å². The maximum absolute atomic E-state index is 11.2. The van der Waals surface area contributed by atoms with Crippen molar-refractivity contribution in [3.63, 3.8) is 0 Å². The molecule has 4 heteroatoms. The summed E-state index contributed by atoms with van der Waals surface area (Å²) < 4.78 is 2.08. The number of hydrazone groups is 1. The van der Waals surface area contributed by atoms with Gasteiger partial charge in [-0.3, -0.25) is 4.79 Å². The Morgan fingerprint density at radius 2 is 1.93 bits per heavy atom. The summed E-state index contributed by atoms with van der Waals surface area (Å²) in [5, 5.41) is 4.55. The molecular weight excluding hydrogens is 192 g/mol. The van der Waals surface area contributed by atoms with Gasteiger partial charge in [0.25, 0.3) is 0 Å². The summed E-state index contributed by atoms with van der Waals surface area (Å²) in [6.45, 7) is 6.76. The van der Waals surface area contributed by atoms with E-state index in [1.807, 2.05) is 7.05 Å². The van der Waals surface area contributed by atoms with Crippen LogP contribution in [0.3, 0.4) is 0 Å². The van der Waals surface area contributed by atoms with Crippen LogP contribution in [-0.4, -0.2) is 31.5 Å². The van der Waals surface area contributed by atoms with Crippen LogP contribution in [0.15, 0.2) is 5.10 Å². The summed E-state index contributed by atoms with van der Waals surface area (Å²) in [5.41, 5.74) is 1.08. The zero-order valence-electron chi connectivity index (χ0n) is 9.63. The number of carbonyl (C=O) groups is 1. The minimum absolute atomic E-state index is 0.346. The van der Waals surface area contributed by atoms with Gasteiger partial charge in [0.1, 0.15) is 5.78 Å². The molecule has 0 aromatic rings. The molecule has 3 nitrogen and oxygen atoms in total. The molecule has 0 bridgehead atoms.